The molecule has 1 fully saturated rings. The molecule has 9 heteroatoms. The van der Waals surface area contributed by atoms with Crippen LogP contribution in [0.1, 0.15) is 23.9 Å². The molecule has 0 spiro atoms. The van der Waals surface area contributed by atoms with Crippen molar-refractivity contribution in [2.45, 2.75) is 25.9 Å². The van der Waals surface area contributed by atoms with E-state index in [1.807, 2.05) is 0 Å². The van der Waals surface area contributed by atoms with Crippen LogP contribution >= 0.6 is 0 Å². The maximum atomic E-state index is 12.8. The van der Waals surface area contributed by atoms with E-state index in [0.717, 1.165) is 4.90 Å². The van der Waals surface area contributed by atoms with Gasteiger partial charge in [0.05, 0.1) is 19.3 Å². The molecular formula is C18H20N4O5. The Bertz CT molecular complexity index is 876. The largest absolute Gasteiger partial charge is 0.497 e. The van der Waals surface area contributed by atoms with E-state index in [0.29, 0.717) is 22.8 Å². The van der Waals surface area contributed by atoms with Gasteiger partial charge in [0.25, 0.3) is 5.91 Å². The third-order valence-electron chi connectivity index (χ3n) is 4.38. The van der Waals surface area contributed by atoms with E-state index in [1.54, 1.807) is 51.3 Å². The van der Waals surface area contributed by atoms with Crippen LogP contribution in [0.15, 0.2) is 34.9 Å². The Morgan fingerprint density at radius 3 is 2.63 bits per heavy atom. The normalized spacial score (nSPS) is 19.1. The van der Waals surface area contributed by atoms with Crippen molar-refractivity contribution in [3.05, 3.63) is 47.3 Å². The molecule has 1 saturated heterocycles. The molecule has 2 N–H and O–H groups in total. The smallest absolute Gasteiger partial charge is 0.325 e. The third kappa shape index (κ3) is 3.62. The van der Waals surface area contributed by atoms with Crippen molar-refractivity contribution >= 4 is 17.8 Å². The number of imide groups is 1. The van der Waals surface area contributed by atoms with Crippen LogP contribution in [0.5, 0.6) is 5.75 Å². The molecule has 3 rings (SSSR count). The van der Waals surface area contributed by atoms with E-state index in [2.05, 4.69) is 15.8 Å². The molecule has 1 atom stereocenters. The third-order valence-corrected chi connectivity index (χ3v) is 4.38. The Morgan fingerprint density at radius 2 is 2.04 bits per heavy atom. The topological polar surface area (TPSA) is 114 Å². The standard InChI is InChI=1S/C18H20N4O5/c1-11-8-14(27-21-11)9-19-15(23)10-22-16(24)18(2,20-17(22)25)12-4-6-13(26-3)7-5-12/h4-8H,9-10H2,1-3H3,(H,19,23)(H,20,25). The minimum atomic E-state index is -1.24. The zero-order chi connectivity index (χ0) is 19.6. The number of amides is 4. The molecular weight excluding hydrogens is 352 g/mol. The predicted octanol–water partition coefficient (Wildman–Crippen LogP) is 1.08. The van der Waals surface area contributed by atoms with Crippen LogP contribution in [0, 0.1) is 6.92 Å². The molecule has 2 aromatic rings. The van der Waals surface area contributed by atoms with Gasteiger partial charge in [0.1, 0.15) is 17.8 Å². The van der Waals surface area contributed by atoms with Crippen molar-refractivity contribution in [3.63, 3.8) is 0 Å². The van der Waals surface area contributed by atoms with Crippen LogP contribution in [-0.2, 0) is 21.7 Å². The highest BCUT2D eigenvalue weighted by Gasteiger charge is 2.49. The molecule has 142 valence electrons. The summed E-state index contributed by atoms with van der Waals surface area (Å²) in [6.07, 6.45) is 0. The quantitative estimate of drug-likeness (QED) is 0.734. The summed E-state index contributed by atoms with van der Waals surface area (Å²) in [5.74, 6) is 0.147. The van der Waals surface area contributed by atoms with Gasteiger partial charge in [0, 0.05) is 6.07 Å². The minimum Gasteiger partial charge on any atom is -0.497 e. The van der Waals surface area contributed by atoms with E-state index >= 15 is 0 Å². The van der Waals surface area contributed by atoms with Crippen LogP contribution in [0.3, 0.4) is 0 Å². The second-order valence-corrected chi connectivity index (χ2v) is 6.39. The fourth-order valence-electron chi connectivity index (χ4n) is 2.85. The van der Waals surface area contributed by atoms with E-state index in [9.17, 15) is 14.4 Å². The molecule has 0 aliphatic carbocycles. The zero-order valence-electron chi connectivity index (χ0n) is 15.2. The second-order valence-electron chi connectivity index (χ2n) is 6.39. The number of nitrogens with zero attached hydrogens (tertiary/aromatic N) is 2. The van der Waals surface area contributed by atoms with Gasteiger partial charge in [0.2, 0.25) is 5.91 Å². The predicted molar refractivity (Wildman–Crippen MR) is 93.7 cm³/mol. The van der Waals surface area contributed by atoms with Gasteiger partial charge in [-0.1, -0.05) is 17.3 Å². The van der Waals surface area contributed by atoms with Gasteiger partial charge in [-0.3, -0.25) is 14.5 Å². The van der Waals surface area contributed by atoms with Crippen LogP contribution in [0.2, 0.25) is 0 Å². The SMILES string of the molecule is COc1ccc(C2(C)NC(=O)N(CC(=O)NCc3cc(C)no3)C2=O)cc1. The first-order valence-electron chi connectivity index (χ1n) is 8.31. The van der Waals surface area contributed by atoms with Crippen LogP contribution in [0.25, 0.3) is 0 Å². The number of rotatable bonds is 6. The van der Waals surface area contributed by atoms with Gasteiger partial charge in [-0.05, 0) is 31.5 Å². The summed E-state index contributed by atoms with van der Waals surface area (Å²) in [7, 11) is 1.54. The summed E-state index contributed by atoms with van der Waals surface area (Å²) < 4.78 is 10.1. The van der Waals surface area contributed by atoms with Crippen LogP contribution < -0.4 is 15.4 Å². The summed E-state index contributed by atoms with van der Waals surface area (Å²) in [4.78, 5) is 38.1. The summed E-state index contributed by atoms with van der Waals surface area (Å²) in [5, 5.41) is 8.98. The lowest BCUT2D eigenvalue weighted by atomic mass is 9.92. The summed E-state index contributed by atoms with van der Waals surface area (Å²) in [5.41, 5.74) is 0.0522. The highest BCUT2D eigenvalue weighted by molar-refractivity contribution is 6.09. The molecule has 1 aromatic heterocycles. The molecule has 9 nitrogen and oxygen atoms in total. The summed E-state index contributed by atoms with van der Waals surface area (Å²) >= 11 is 0. The molecule has 4 amide bonds. The Morgan fingerprint density at radius 1 is 1.33 bits per heavy atom. The van der Waals surface area contributed by atoms with E-state index < -0.39 is 23.4 Å². The van der Waals surface area contributed by atoms with Crippen LogP contribution in [0.4, 0.5) is 4.79 Å². The molecule has 1 aliphatic heterocycles. The number of benzene rings is 1. The van der Waals surface area contributed by atoms with Gasteiger partial charge in [0.15, 0.2) is 5.76 Å². The number of methoxy groups -OCH3 is 1. The van der Waals surface area contributed by atoms with Crippen molar-refractivity contribution in [1.82, 2.24) is 20.7 Å². The Hall–Kier alpha value is -3.36. The van der Waals surface area contributed by atoms with Crippen molar-refractivity contribution < 1.29 is 23.6 Å². The number of nitrogens with one attached hydrogen (secondary N) is 2. The number of aryl methyl sites for hydroxylation is 1. The lowest BCUT2D eigenvalue weighted by Gasteiger charge is -2.22. The Balaban J connectivity index is 1.66. The molecule has 1 aliphatic rings. The molecule has 1 unspecified atom stereocenters. The van der Waals surface area contributed by atoms with Crippen LogP contribution in [-0.4, -0.2) is 41.6 Å². The lowest BCUT2D eigenvalue weighted by molar-refractivity contribution is -0.134. The lowest BCUT2D eigenvalue weighted by Crippen LogP contribution is -2.43. The molecule has 1 aromatic carbocycles. The van der Waals surface area contributed by atoms with Crippen molar-refractivity contribution in [1.29, 1.82) is 0 Å². The number of carbonyl (C=O) groups is 3. The van der Waals surface area contributed by atoms with E-state index in [1.165, 1.54) is 0 Å². The van der Waals surface area contributed by atoms with Crippen molar-refractivity contribution in [2.24, 2.45) is 0 Å². The summed E-state index contributed by atoms with van der Waals surface area (Å²) in [6, 6.07) is 7.88. The minimum absolute atomic E-state index is 0.124. The van der Waals surface area contributed by atoms with Gasteiger partial charge in [-0.15, -0.1) is 0 Å². The van der Waals surface area contributed by atoms with Gasteiger partial charge in [-0.2, -0.15) is 0 Å². The summed E-state index contributed by atoms with van der Waals surface area (Å²) in [6.45, 7) is 3.11. The average molecular weight is 372 g/mol. The molecule has 0 radical (unpaired) electrons. The molecule has 2 heterocycles. The first-order valence-corrected chi connectivity index (χ1v) is 8.31. The van der Waals surface area contributed by atoms with Crippen molar-refractivity contribution in [3.8, 4) is 5.75 Å². The second kappa shape index (κ2) is 7.10. The number of hydrogen-bond donors (Lipinski definition) is 2. The van der Waals surface area contributed by atoms with Crippen molar-refractivity contribution in [2.75, 3.05) is 13.7 Å². The number of urea groups is 1. The van der Waals surface area contributed by atoms with E-state index in [-0.39, 0.29) is 13.1 Å². The number of carbonyl (C=O) groups excluding carboxylic acids is 3. The van der Waals surface area contributed by atoms with Gasteiger partial charge < -0.3 is 19.9 Å². The highest BCUT2D eigenvalue weighted by atomic mass is 16.5. The fraction of sp³-hybridized carbons (Fsp3) is 0.333. The van der Waals surface area contributed by atoms with Gasteiger partial charge in [-0.25, -0.2) is 4.79 Å². The van der Waals surface area contributed by atoms with E-state index in [4.69, 9.17) is 9.26 Å². The fourth-order valence-corrected chi connectivity index (χ4v) is 2.85. The Kier molecular flexibility index (Phi) is 4.85. The number of hydrogen-bond acceptors (Lipinski definition) is 6. The molecule has 27 heavy (non-hydrogen) atoms. The first-order chi connectivity index (χ1) is 12.8. The maximum absolute atomic E-state index is 12.8. The Labute approximate surface area is 155 Å². The number of ether oxygens (including phenoxy) is 1. The zero-order valence-corrected chi connectivity index (χ0v) is 15.2. The highest BCUT2D eigenvalue weighted by Crippen LogP contribution is 2.29. The average Bonchev–Trinajstić information content (AvgIpc) is 3.17. The molecule has 0 saturated carbocycles. The molecule has 0 bridgehead atoms. The maximum Gasteiger partial charge on any atom is 0.325 e. The first kappa shape index (κ1) is 18.4. The number of aromatic nitrogens is 1. The monoisotopic (exact) mass is 372 g/mol. The van der Waals surface area contributed by atoms with Gasteiger partial charge >= 0.3 is 6.03 Å².